The summed E-state index contributed by atoms with van der Waals surface area (Å²) < 4.78 is 5.96. The largest absolute Gasteiger partial charge is 0.504 e. The lowest BCUT2D eigenvalue weighted by Crippen LogP contribution is -2.65. The number of Topliss-reactive ketones (excluding diaryl/α,β-unsaturated/α-hetero) is 1. The van der Waals surface area contributed by atoms with E-state index in [2.05, 4.69) is 13.0 Å². The first-order valence-corrected chi connectivity index (χ1v) is 9.03. The van der Waals surface area contributed by atoms with Gasteiger partial charge in [-0.25, -0.2) is 0 Å². The van der Waals surface area contributed by atoms with Gasteiger partial charge in [-0.15, -0.1) is 0 Å². The summed E-state index contributed by atoms with van der Waals surface area (Å²) >= 11 is 0. The van der Waals surface area contributed by atoms with Gasteiger partial charge < -0.3 is 14.9 Å². The molecule has 1 aliphatic heterocycles. The van der Waals surface area contributed by atoms with Crippen LogP contribution in [-0.2, 0) is 10.2 Å². The Bertz CT molecular complexity index is 795. The number of fused-ring (bicyclic) bond motifs is 1. The normalized spacial score (nSPS) is 37.9. The van der Waals surface area contributed by atoms with Crippen molar-refractivity contribution >= 4 is 11.4 Å². The summed E-state index contributed by atoms with van der Waals surface area (Å²) in [7, 11) is 0. The lowest BCUT2D eigenvalue weighted by atomic mass is 9.53. The Balaban J connectivity index is 1.77. The Morgan fingerprint density at radius 1 is 1.38 bits per heavy atom. The molecule has 0 saturated heterocycles. The number of aliphatic hydroxyl groups is 1. The van der Waals surface area contributed by atoms with Crippen molar-refractivity contribution in [3.05, 3.63) is 29.3 Å². The molecule has 1 aromatic rings. The van der Waals surface area contributed by atoms with E-state index in [1.54, 1.807) is 6.07 Å². The molecular weight excluding hydrogens is 304 g/mol. The van der Waals surface area contributed by atoms with Crippen molar-refractivity contribution < 1.29 is 19.7 Å². The number of phenolic OH excluding ortho intramolecular Hbond substituents is 1. The van der Waals surface area contributed by atoms with Crippen LogP contribution in [0.2, 0.25) is 0 Å². The fourth-order valence-electron chi connectivity index (χ4n) is 5.69. The number of allylic oxidation sites excluding steroid dienone is 1. The fourth-order valence-corrected chi connectivity index (χ4v) is 5.69. The van der Waals surface area contributed by atoms with E-state index >= 15 is 0 Å². The molecule has 4 aliphatic rings. The number of hydrogen-bond donors (Lipinski definition) is 2. The van der Waals surface area contributed by atoms with Crippen LogP contribution >= 0.6 is 0 Å². The molecule has 0 amide bonds. The molecule has 4 heteroatoms. The van der Waals surface area contributed by atoms with E-state index in [9.17, 15) is 15.0 Å². The number of ketones is 1. The van der Waals surface area contributed by atoms with Crippen LogP contribution in [0.15, 0.2) is 18.2 Å². The number of rotatable bonds is 3. The highest BCUT2D eigenvalue weighted by molar-refractivity contribution is 5.95. The smallest absolute Gasteiger partial charge is 0.174 e. The third kappa shape index (κ3) is 1.39. The van der Waals surface area contributed by atoms with Crippen LogP contribution in [0.3, 0.4) is 0 Å². The van der Waals surface area contributed by atoms with Crippen LogP contribution < -0.4 is 4.74 Å². The number of carbonyl (C=O) groups is 1. The van der Waals surface area contributed by atoms with Crippen molar-refractivity contribution in [3.8, 4) is 11.5 Å². The monoisotopic (exact) mass is 326 g/mol. The molecule has 3 aliphatic carbocycles. The van der Waals surface area contributed by atoms with Gasteiger partial charge in [0.2, 0.25) is 0 Å². The molecule has 1 heterocycles. The summed E-state index contributed by atoms with van der Waals surface area (Å²) in [5.74, 6) is 0.653. The summed E-state index contributed by atoms with van der Waals surface area (Å²) in [6.07, 6.45) is 6.20. The van der Waals surface area contributed by atoms with E-state index in [0.29, 0.717) is 18.6 Å². The molecule has 24 heavy (non-hydrogen) atoms. The van der Waals surface area contributed by atoms with Gasteiger partial charge in [0.1, 0.15) is 0 Å². The second kappa shape index (κ2) is 4.42. The first-order chi connectivity index (χ1) is 11.5. The average molecular weight is 326 g/mol. The zero-order valence-electron chi connectivity index (χ0n) is 13.8. The summed E-state index contributed by atoms with van der Waals surface area (Å²) in [5, 5.41) is 22.1. The van der Waals surface area contributed by atoms with Crippen LogP contribution in [0.25, 0.3) is 5.57 Å². The fraction of sp³-hybridized carbons (Fsp3) is 0.550. The molecule has 4 nitrogen and oxygen atoms in total. The van der Waals surface area contributed by atoms with Gasteiger partial charge in [-0.3, -0.25) is 4.79 Å². The van der Waals surface area contributed by atoms with Gasteiger partial charge in [-0.2, -0.15) is 0 Å². The van der Waals surface area contributed by atoms with Crippen LogP contribution in [0.4, 0.5) is 0 Å². The predicted octanol–water partition coefficient (Wildman–Crippen LogP) is 3.09. The molecule has 1 saturated carbocycles. The van der Waals surface area contributed by atoms with Gasteiger partial charge in [0.15, 0.2) is 23.4 Å². The lowest BCUT2D eigenvalue weighted by molar-refractivity contribution is -0.154. The number of carbonyl (C=O) groups excluding carboxylic acids is 1. The maximum Gasteiger partial charge on any atom is 0.174 e. The Hall–Kier alpha value is -1.81. The van der Waals surface area contributed by atoms with Gasteiger partial charge >= 0.3 is 0 Å². The van der Waals surface area contributed by atoms with E-state index in [1.165, 1.54) is 5.57 Å². The maximum atomic E-state index is 12.6. The molecule has 5 rings (SSSR count). The Morgan fingerprint density at radius 3 is 3.00 bits per heavy atom. The molecule has 0 radical (unpaired) electrons. The first kappa shape index (κ1) is 14.5. The summed E-state index contributed by atoms with van der Waals surface area (Å²) in [6, 6.07) is 3.57. The SMILES string of the molecule is CCCCC1CC2=CC34c5c2ccc(O)c5OC3C(=O)CCC14O. The van der Waals surface area contributed by atoms with Gasteiger partial charge in [-0.05, 0) is 42.4 Å². The van der Waals surface area contributed by atoms with Crippen molar-refractivity contribution in [2.24, 2.45) is 5.92 Å². The molecule has 1 fully saturated rings. The number of benzene rings is 1. The van der Waals surface area contributed by atoms with E-state index in [1.807, 2.05) is 6.07 Å². The van der Waals surface area contributed by atoms with Crippen LogP contribution in [0.1, 0.15) is 56.6 Å². The van der Waals surface area contributed by atoms with Crippen molar-refractivity contribution in [2.45, 2.75) is 62.6 Å². The number of aromatic hydroxyl groups is 1. The van der Waals surface area contributed by atoms with Gasteiger partial charge in [-0.1, -0.05) is 31.9 Å². The Kier molecular flexibility index (Phi) is 2.68. The van der Waals surface area contributed by atoms with E-state index < -0.39 is 17.1 Å². The molecular formula is C20H22O4. The maximum absolute atomic E-state index is 12.6. The van der Waals surface area contributed by atoms with Crippen molar-refractivity contribution in [2.75, 3.05) is 0 Å². The van der Waals surface area contributed by atoms with Crippen molar-refractivity contribution in [3.63, 3.8) is 0 Å². The van der Waals surface area contributed by atoms with Crippen molar-refractivity contribution in [1.29, 1.82) is 0 Å². The zero-order chi connectivity index (χ0) is 16.7. The van der Waals surface area contributed by atoms with Crippen LogP contribution in [0.5, 0.6) is 11.5 Å². The zero-order valence-corrected chi connectivity index (χ0v) is 13.8. The molecule has 4 atom stereocenters. The van der Waals surface area contributed by atoms with Crippen molar-refractivity contribution in [1.82, 2.24) is 0 Å². The molecule has 1 aromatic carbocycles. The van der Waals surface area contributed by atoms with E-state index in [-0.39, 0.29) is 17.5 Å². The number of phenols is 1. The molecule has 126 valence electrons. The van der Waals surface area contributed by atoms with E-state index in [4.69, 9.17) is 4.74 Å². The third-order valence-corrected chi connectivity index (χ3v) is 6.76. The predicted molar refractivity (Wildman–Crippen MR) is 89.0 cm³/mol. The molecule has 1 spiro atoms. The lowest BCUT2D eigenvalue weighted by Gasteiger charge is -2.53. The average Bonchev–Trinajstić information content (AvgIpc) is 3.05. The first-order valence-electron chi connectivity index (χ1n) is 9.03. The van der Waals surface area contributed by atoms with E-state index in [0.717, 1.165) is 36.8 Å². The van der Waals surface area contributed by atoms with Gasteiger partial charge in [0.25, 0.3) is 0 Å². The Labute approximate surface area is 141 Å². The van der Waals surface area contributed by atoms with Crippen LogP contribution in [-0.4, -0.2) is 27.7 Å². The molecule has 2 bridgehead atoms. The highest BCUT2D eigenvalue weighted by atomic mass is 16.5. The molecule has 4 unspecified atom stereocenters. The molecule has 2 N–H and O–H groups in total. The summed E-state index contributed by atoms with van der Waals surface area (Å²) in [6.45, 7) is 2.16. The van der Waals surface area contributed by atoms with Gasteiger partial charge in [0, 0.05) is 12.0 Å². The third-order valence-electron chi connectivity index (χ3n) is 6.76. The summed E-state index contributed by atoms with van der Waals surface area (Å²) in [5.41, 5.74) is 1.36. The highest BCUT2D eigenvalue weighted by Crippen LogP contribution is 2.68. The summed E-state index contributed by atoms with van der Waals surface area (Å²) in [4.78, 5) is 12.6. The second-order valence-corrected chi connectivity index (χ2v) is 7.81. The van der Waals surface area contributed by atoms with Gasteiger partial charge in [0.05, 0.1) is 11.0 Å². The minimum absolute atomic E-state index is 0.0369. The second-order valence-electron chi connectivity index (χ2n) is 7.81. The number of unbranched alkanes of at least 4 members (excludes halogenated alkanes) is 1. The topological polar surface area (TPSA) is 66.8 Å². The quantitative estimate of drug-likeness (QED) is 0.896. The highest BCUT2D eigenvalue weighted by Gasteiger charge is 2.71. The minimum atomic E-state index is -0.964. The number of ether oxygens (including phenoxy) is 1. The molecule has 0 aromatic heterocycles. The standard InChI is InChI=1S/C20H22O4/c1-2-3-4-12-9-11-10-19-16-13(11)5-6-14(21)17(16)24-18(19)15(22)7-8-20(12,19)23/h5-6,10,12,18,21,23H,2-4,7-9H2,1H3. The van der Waals surface area contributed by atoms with Crippen LogP contribution in [0, 0.1) is 5.92 Å². The minimum Gasteiger partial charge on any atom is -0.504 e. The Morgan fingerprint density at radius 2 is 2.21 bits per heavy atom. The number of hydrogen-bond acceptors (Lipinski definition) is 4.